The maximum Gasteiger partial charge on any atom is 0.0335 e. The van der Waals surface area contributed by atoms with Crippen LogP contribution in [-0.2, 0) is 0 Å². The molecule has 2 atom stereocenters. The Morgan fingerprint density at radius 3 is 2.20 bits per heavy atom. The normalized spacial score (nSPS) is 37.4. The van der Waals surface area contributed by atoms with E-state index >= 15 is 0 Å². The summed E-state index contributed by atoms with van der Waals surface area (Å²) in [5.74, 6) is 0.842. The van der Waals surface area contributed by atoms with Crippen molar-refractivity contribution in [1.29, 1.82) is 0 Å². The fraction of sp³-hybridized carbons (Fsp3) is 1.00. The van der Waals surface area contributed by atoms with E-state index in [4.69, 9.17) is 5.73 Å². The van der Waals surface area contributed by atoms with Crippen LogP contribution in [0.2, 0.25) is 0 Å². The van der Waals surface area contributed by atoms with E-state index in [2.05, 4.69) is 18.7 Å². The van der Waals surface area contributed by atoms with Gasteiger partial charge in [-0.1, -0.05) is 19.8 Å². The summed E-state index contributed by atoms with van der Waals surface area (Å²) in [6, 6.07) is 0.727. The number of nitrogens with two attached hydrogens (primary N) is 1. The Bertz CT molecular complexity index is 322. The molecule has 2 unspecified atom stereocenters. The fourth-order valence-electron chi connectivity index (χ4n) is 5.48. The van der Waals surface area contributed by atoms with Gasteiger partial charge in [-0.25, -0.2) is 0 Å². The summed E-state index contributed by atoms with van der Waals surface area (Å²) >= 11 is 0. The molecule has 2 saturated carbocycles. The quantitative estimate of drug-likeness (QED) is 0.829. The van der Waals surface area contributed by atoms with Gasteiger partial charge in [-0.2, -0.15) is 0 Å². The van der Waals surface area contributed by atoms with E-state index in [0.29, 0.717) is 5.54 Å². The van der Waals surface area contributed by atoms with Gasteiger partial charge in [-0.05, 0) is 76.2 Å². The minimum atomic E-state index is 0.335. The molecule has 3 aliphatic rings. The maximum absolute atomic E-state index is 6.32. The molecule has 116 valence electrons. The molecule has 0 aromatic carbocycles. The van der Waals surface area contributed by atoms with Crippen LogP contribution >= 0.6 is 0 Å². The van der Waals surface area contributed by atoms with Crippen LogP contribution in [0, 0.1) is 11.3 Å². The zero-order valence-corrected chi connectivity index (χ0v) is 13.7. The second-order valence-corrected chi connectivity index (χ2v) is 8.19. The Hall–Kier alpha value is -0.0800. The molecule has 1 aliphatic heterocycles. The second kappa shape index (κ2) is 5.61. The molecule has 1 saturated heterocycles. The van der Waals surface area contributed by atoms with Crippen molar-refractivity contribution in [2.24, 2.45) is 17.1 Å². The molecule has 2 aliphatic carbocycles. The van der Waals surface area contributed by atoms with Gasteiger partial charge in [-0.15, -0.1) is 0 Å². The van der Waals surface area contributed by atoms with E-state index in [9.17, 15) is 0 Å². The summed E-state index contributed by atoms with van der Waals surface area (Å²) in [6.45, 7) is 7.04. The van der Waals surface area contributed by atoms with Crippen LogP contribution in [0.4, 0.5) is 0 Å². The minimum absolute atomic E-state index is 0.335. The number of likely N-dealkylation sites (tertiary alicyclic amines) is 1. The third-order valence-corrected chi connectivity index (χ3v) is 7.27. The van der Waals surface area contributed by atoms with Crippen molar-refractivity contribution >= 4 is 0 Å². The van der Waals surface area contributed by atoms with E-state index in [-0.39, 0.29) is 0 Å². The summed E-state index contributed by atoms with van der Waals surface area (Å²) in [5.41, 5.74) is 7.38. The highest BCUT2D eigenvalue weighted by molar-refractivity contribution is 5.03. The largest absolute Gasteiger partial charge is 0.329 e. The molecule has 2 N–H and O–H groups in total. The summed E-state index contributed by atoms with van der Waals surface area (Å²) in [5, 5.41) is 0. The Labute approximate surface area is 125 Å². The zero-order valence-electron chi connectivity index (χ0n) is 13.7. The number of hydrogen-bond acceptors (Lipinski definition) is 2. The highest BCUT2D eigenvalue weighted by Gasteiger charge is 2.48. The van der Waals surface area contributed by atoms with Crippen LogP contribution in [0.15, 0.2) is 0 Å². The molecule has 0 radical (unpaired) electrons. The second-order valence-electron chi connectivity index (χ2n) is 8.19. The first-order valence-electron chi connectivity index (χ1n) is 9.08. The van der Waals surface area contributed by atoms with E-state index in [1.165, 1.54) is 70.8 Å². The average Bonchev–Trinajstić information content (AvgIpc) is 2.92. The van der Waals surface area contributed by atoms with Gasteiger partial charge in [0, 0.05) is 18.1 Å². The van der Waals surface area contributed by atoms with Gasteiger partial charge in [0.1, 0.15) is 0 Å². The zero-order chi connectivity index (χ0) is 14.2. The molecule has 0 aromatic heterocycles. The van der Waals surface area contributed by atoms with Crippen molar-refractivity contribution < 1.29 is 0 Å². The monoisotopic (exact) mass is 278 g/mol. The lowest BCUT2D eigenvalue weighted by molar-refractivity contribution is -0.0403. The summed E-state index contributed by atoms with van der Waals surface area (Å²) < 4.78 is 0. The molecule has 1 heterocycles. The van der Waals surface area contributed by atoms with Crippen LogP contribution in [0.3, 0.4) is 0 Å². The van der Waals surface area contributed by atoms with Gasteiger partial charge in [0.15, 0.2) is 0 Å². The predicted octanol–water partition coefficient (Wildman–Crippen LogP) is 3.94. The number of hydrogen-bond donors (Lipinski definition) is 1. The topological polar surface area (TPSA) is 29.3 Å². The van der Waals surface area contributed by atoms with Gasteiger partial charge in [-0.3, -0.25) is 4.90 Å². The molecule has 1 spiro atoms. The van der Waals surface area contributed by atoms with Crippen molar-refractivity contribution in [2.45, 2.75) is 89.6 Å². The molecular formula is C18H34N2. The van der Waals surface area contributed by atoms with Crippen LogP contribution in [0.25, 0.3) is 0 Å². The first-order chi connectivity index (χ1) is 9.61. The Kier molecular flexibility index (Phi) is 4.16. The SMILES string of the molecule is CC1CCCN(C2(CN)CCC3(CCCC3)CC2)C1C. The highest BCUT2D eigenvalue weighted by Crippen LogP contribution is 2.53. The Morgan fingerprint density at radius 1 is 0.950 bits per heavy atom. The van der Waals surface area contributed by atoms with Gasteiger partial charge < -0.3 is 5.73 Å². The van der Waals surface area contributed by atoms with Gasteiger partial charge in [0.05, 0.1) is 0 Å². The van der Waals surface area contributed by atoms with Crippen molar-refractivity contribution in [1.82, 2.24) is 4.90 Å². The standard InChI is InChI=1S/C18H34N2/c1-15-6-5-13-20(16(15)2)18(14-19)11-9-17(10-12-18)7-3-4-8-17/h15-16H,3-14,19H2,1-2H3. The van der Waals surface area contributed by atoms with E-state index in [0.717, 1.165) is 23.9 Å². The first kappa shape index (κ1) is 14.8. The Balaban J connectivity index is 1.72. The lowest BCUT2D eigenvalue weighted by Crippen LogP contribution is -2.62. The van der Waals surface area contributed by atoms with Crippen LogP contribution in [0.1, 0.15) is 78.1 Å². The molecule has 0 aromatic rings. The summed E-state index contributed by atoms with van der Waals surface area (Å²) in [7, 11) is 0. The average molecular weight is 278 g/mol. The molecule has 3 fully saturated rings. The molecule has 0 bridgehead atoms. The van der Waals surface area contributed by atoms with Gasteiger partial charge in [0.2, 0.25) is 0 Å². The number of rotatable bonds is 2. The lowest BCUT2D eigenvalue weighted by Gasteiger charge is -2.55. The van der Waals surface area contributed by atoms with Crippen molar-refractivity contribution in [3.8, 4) is 0 Å². The summed E-state index contributed by atoms with van der Waals surface area (Å²) in [4.78, 5) is 2.82. The molecule has 0 amide bonds. The molecule has 3 rings (SSSR count). The predicted molar refractivity (Wildman–Crippen MR) is 85.7 cm³/mol. The van der Waals surface area contributed by atoms with Crippen molar-refractivity contribution in [3.63, 3.8) is 0 Å². The van der Waals surface area contributed by atoms with Crippen LogP contribution < -0.4 is 5.73 Å². The fourth-order valence-corrected chi connectivity index (χ4v) is 5.48. The van der Waals surface area contributed by atoms with E-state index in [1.54, 1.807) is 0 Å². The molecule has 20 heavy (non-hydrogen) atoms. The van der Waals surface area contributed by atoms with Crippen molar-refractivity contribution in [3.05, 3.63) is 0 Å². The number of nitrogens with zero attached hydrogens (tertiary/aromatic N) is 1. The smallest absolute Gasteiger partial charge is 0.0335 e. The van der Waals surface area contributed by atoms with Crippen LogP contribution in [-0.4, -0.2) is 29.6 Å². The maximum atomic E-state index is 6.32. The summed E-state index contributed by atoms with van der Waals surface area (Å²) in [6.07, 6.45) is 14.4. The third kappa shape index (κ3) is 2.43. The van der Waals surface area contributed by atoms with E-state index in [1.807, 2.05) is 0 Å². The third-order valence-electron chi connectivity index (χ3n) is 7.27. The molecule has 2 nitrogen and oxygen atoms in total. The molecule has 2 heteroatoms. The lowest BCUT2D eigenvalue weighted by atomic mass is 9.65. The van der Waals surface area contributed by atoms with Crippen LogP contribution in [0.5, 0.6) is 0 Å². The van der Waals surface area contributed by atoms with Crippen molar-refractivity contribution in [2.75, 3.05) is 13.1 Å². The Morgan fingerprint density at radius 2 is 1.60 bits per heavy atom. The minimum Gasteiger partial charge on any atom is -0.329 e. The van der Waals surface area contributed by atoms with Gasteiger partial charge in [0.25, 0.3) is 0 Å². The highest BCUT2D eigenvalue weighted by atomic mass is 15.2. The number of piperidine rings is 1. The van der Waals surface area contributed by atoms with Gasteiger partial charge >= 0.3 is 0 Å². The molecular weight excluding hydrogens is 244 g/mol. The van der Waals surface area contributed by atoms with E-state index < -0.39 is 0 Å². The first-order valence-corrected chi connectivity index (χ1v) is 9.08.